The van der Waals surface area contributed by atoms with Gasteiger partial charge >= 0.3 is 0 Å². The molecule has 0 amide bonds. The summed E-state index contributed by atoms with van der Waals surface area (Å²) in [6.07, 6.45) is 5.33. The molecule has 0 radical (unpaired) electrons. The fourth-order valence-electron chi connectivity index (χ4n) is 1.07. The van der Waals surface area contributed by atoms with Gasteiger partial charge in [0.15, 0.2) is 0 Å². The standard InChI is InChI=1S/C13H16O2/c1-5-13(2,3)15-10-11-7-6-8-12(9-11)14-4/h1,6-9H,10H2,2-4H3. The van der Waals surface area contributed by atoms with Crippen molar-refractivity contribution in [2.24, 2.45) is 0 Å². The first kappa shape index (κ1) is 11.6. The monoisotopic (exact) mass is 204 g/mol. The highest BCUT2D eigenvalue weighted by Gasteiger charge is 2.13. The van der Waals surface area contributed by atoms with Crippen LogP contribution in [0.25, 0.3) is 0 Å². The molecule has 0 aliphatic rings. The molecule has 0 saturated heterocycles. The van der Waals surface area contributed by atoms with E-state index in [0.717, 1.165) is 11.3 Å². The van der Waals surface area contributed by atoms with Gasteiger partial charge in [-0.15, -0.1) is 6.42 Å². The third kappa shape index (κ3) is 3.65. The number of benzene rings is 1. The Hall–Kier alpha value is -1.46. The van der Waals surface area contributed by atoms with E-state index in [1.807, 2.05) is 38.1 Å². The Kier molecular flexibility index (Phi) is 3.76. The highest BCUT2D eigenvalue weighted by atomic mass is 16.5. The topological polar surface area (TPSA) is 18.5 Å². The van der Waals surface area contributed by atoms with Crippen molar-refractivity contribution < 1.29 is 9.47 Å². The Balaban J connectivity index is 2.62. The van der Waals surface area contributed by atoms with Crippen molar-refractivity contribution >= 4 is 0 Å². The Bertz CT molecular complexity index is 361. The van der Waals surface area contributed by atoms with Gasteiger partial charge in [-0.1, -0.05) is 18.1 Å². The minimum Gasteiger partial charge on any atom is -0.497 e. The highest BCUT2D eigenvalue weighted by Crippen LogP contribution is 2.16. The molecule has 2 nitrogen and oxygen atoms in total. The summed E-state index contributed by atoms with van der Waals surface area (Å²) in [6, 6.07) is 7.75. The van der Waals surface area contributed by atoms with Crippen LogP contribution in [0.2, 0.25) is 0 Å². The maximum absolute atomic E-state index is 5.57. The van der Waals surface area contributed by atoms with E-state index in [2.05, 4.69) is 5.92 Å². The molecule has 0 bridgehead atoms. The van der Waals surface area contributed by atoms with Crippen molar-refractivity contribution in [3.8, 4) is 18.1 Å². The van der Waals surface area contributed by atoms with Gasteiger partial charge in [-0.3, -0.25) is 0 Å². The first-order chi connectivity index (χ1) is 7.07. The normalized spacial score (nSPS) is 10.8. The SMILES string of the molecule is C#CC(C)(C)OCc1cccc(OC)c1. The Morgan fingerprint density at radius 3 is 2.73 bits per heavy atom. The minimum atomic E-state index is -0.525. The van der Waals surface area contributed by atoms with Crippen LogP contribution in [0.15, 0.2) is 24.3 Å². The maximum atomic E-state index is 5.57. The van der Waals surface area contributed by atoms with Gasteiger partial charge in [0, 0.05) is 0 Å². The van der Waals surface area contributed by atoms with E-state index in [9.17, 15) is 0 Å². The first-order valence-electron chi connectivity index (χ1n) is 4.82. The number of terminal acetylenes is 1. The molecule has 0 aromatic heterocycles. The number of hydrogen-bond acceptors (Lipinski definition) is 2. The van der Waals surface area contributed by atoms with E-state index in [-0.39, 0.29) is 0 Å². The van der Waals surface area contributed by atoms with Crippen LogP contribution in [0, 0.1) is 12.3 Å². The summed E-state index contributed by atoms with van der Waals surface area (Å²) < 4.78 is 10.7. The van der Waals surface area contributed by atoms with E-state index in [1.54, 1.807) is 7.11 Å². The molecule has 2 heteroatoms. The molecule has 0 atom stereocenters. The third-order valence-electron chi connectivity index (χ3n) is 2.08. The van der Waals surface area contributed by atoms with Gasteiger partial charge in [-0.25, -0.2) is 0 Å². The van der Waals surface area contributed by atoms with E-state index >= 15 is 0 Å². The molecule has 1 aromatic carbocycles. The summed E-state index contributed by atoms with van der Waals surface area (Å²) in [5, 5.41) is 0. The van der Waals surface area contributed by atoms with Crippen LogP contribution < -0.4 is 4.74 Å². The lowest BCUT2D eigenvalue weighted by atomic mass is 10.1. The number of methoxy groups -OCH3 is 1. The molecule has 1 rings (SSSR count). The molecule has 0 saturated carbocycles. The predicted molar refractivity (Wildman–Crippen MR) is 60.7 cm³/mol. The largest absolute Gasteiger partial charge is 0.497 e. The zero-order valence-electron chi connectivity index (χ0n) is 9.41. The molecular weight excluding hydrogens is 188 g/mol. The molecule has 0 N–H and O–H groups in total. The van der Waals surface area contributed by atoms with Crippen molar-refractivity contribution in [1.82, 2.24) is 0 Å². The Morgan fingerprint density at radius 1 is 1.40 bits per heavy atom. The zero-order chi connectivity index (χ0) is 11.3. The van der Waals surface area contributed by atoms with E-state index in [4.69, 9.17) is 15.9 Å². The lowest BCUT2D eigenvalue weighted by Gasteiger charge is -2.18. The summed E-state index contributed by atoms with van der Waals surface area (Å²) in [4.78, 5) is 0. The fraction of sp³-hybridized carbons (Fsp3) is 0.385. The minimum absolute atomic E-state index is 0.494. The maximum Gasteiger partial charge on any atom is 0.123 e. The summed E-state index contributed by atoms with van der Waals surface area (Å²) in [5.41, 5.74) is 0.529. The van der Waals surface area contributed by atoms with Gasteiger partial charge < -0.3 is 9.47 Å². The van der Waals surface area contributed by atoms with Gasteiger partial charge in [-0.05, 0) is 31.5 Å². The van der Waals surface area contributed by atoms with Crippen LogP contribution in [-0.4, -0.2) is 12.7 Å². The number of hydrogen-bond donors (Lipinski definition) is 0. The molecule has 1 aromatic rings. The molecule has 0 fully saturated rings. The second-order valence-electron chi connectivity index (χ2n) is 3.79. The molecule has 0 heterocycles. The number of ether oxygens (including phenoxy) is 2. The van der Waals surface area contributed by atoms with Crippen LogP contribution in [0.3, 0.4) is 0 Å². The van der Waals surface area contributed by atoms with Crippen molar-refractivity contribution in [3.05, 3.63) is 29.8 Å². The summed E-state index contributed by atoms with van der Waals surface area (Å²) >= 11 is 0. The van der Waals surface area contributed by atoms with Crippen molar-refractivity contribution in [3.63, 3.8) is 0 Å². The second kappa shape index (κ2) is 4.86. The van der Waals surface area contributed by atoms with E-state index in [1.165, 1.54) is 0 Å². The van der Waals surface area contributed by atoms with Crippen molar-refractivity contribution in [1.29, 1.82) is 0 Å². The molecule has 15 heavy (non-hydrogen) atoms. The van der Waals surface area contributed by atoms with Gasteiger partial charge in [0.25, 0.3) is 0 Å². The lowest BCUT2D eigenvalue weighted by Crippen LogP contribution is -2.21. The quantitative estimate of drug-likeness (QED) is 0.702. The van der Waals surface area contributed by atoms with Gasteiger partial charge in [0.05, 0.1) is 13.7 Å². The van der Waals surface area contributed by atoms with Gasteiger partial charge in [0.1, 0.15) is 11.4 Å². The molecule has 0 aliphatic heterocycles. The molecule has 0 unspecified atom stereocenters. The van der Waals surface area contributed by atoms with Crippen LogP contribution in [0.4, 0.5) is 0 Å². The molecule has 80 valence electrons. The van der Waals surface area contributed by atoms with Crippen LogP contribution in [0.1, 0.15) is 19.4 Å². The molecule has 0 spiro atoms. The van der Waals surface area contributed by atoms with Crippen LogP contribution in [-0.2, 0) is 11.3 Å². The molecule has 0 aliphatic carbocycles. The lowest BCUT2D eigenvalue weighted by molar-refractivity contribution is 0.0144. The zero-order valence-corrected chi connectivity index (χ0v) is 9.41. The summed E-state index contributed by atoms with van der Waals surface area (Å²) in [5.74, 6) is 3.42. The Labute approximate surface area is 91.2 Å². The summed E-state index contributed by atoms with van der Waals surface area (Å²) in [7, 11) is 1.64. The number of rotatable bonds is 4. The van der Waals surface area contributed by atoms with Crippen molar-refractivity contribution in [2.45, 2.75) is 26.1 Å². The van der Waals surface area contributed by atoms with Crippen LogP contribution in [0.5, 0.6) is 5.75 Å². The fourth-order valence-corrected chi connectivity index (χ4v) is 1.07. The van der Waals surface area contributed by atoms with Gasteiger partial charge in [-0.2, -0.15) is 0 Å². The Morgan fingerprint density at radius 2 is 2.13 bits per heavy atom. The van der Waals surface area contributed by atoms with Crippen LogP contribution >= 0.6 is 0 Å². The van der Waals surface area contributed by atoms with Crippen molar-refractivity contribution in [2.75, 3.05) is 7.11 Å². The van der Waals surface area contributed by atoms with E-state index < -0.39 is 5.60 Å². The average molecular weight is 204 g/mol. The second-order valence-corrected chi connectivity index (χ2v) is 3.79. The van der Waals surface area contributed by atoms with Gasteiger partial charge in [0.2, 0.25) is 0 Å². The average Bonchev–Trinajstić information content (AvgIpc) is 2.27. The highest BCUT2D eigenvalue weighted by molar-refractivity contribution is 5.28. The summed E-state index contributed by atoms with van der Waals surface area (Å²) in [6.45, 7) is 4.23. The first-order valence-corrected chi connectivity index (χ1v) is 4.82. The smallest absolute Gasteiger partial charge is 0.123 e. The van der Waals surface area contributed by atoms with E-state index in [0.29, 0.717) is 6.61 Å². The molecular formula is C13H16O2. The predicted octanol–water partition coefficient (Wildman–Crippen LogP) is 2.62. The third-order valence-corrected chi connectivity index (χ3v) is 2.08.